The van der Waals surface area contributed by atoms with Crippen LogP contribution in [0.5, 0.6) is 5.75 Å². The van der Waals surface area contributed by atoms with E-state index in [-0.39, 0.29) is 35.5 Å². The van der Waals surface area contributed by atoms with Gasteiger partial charge in [-0.15, -0.1) is 0 Å². The van der Waals surface area contributed by atoms with Crippen LogP contribution in [0.4, 0.5) is 5.69 Å². The van der Waals surface area contributed by atoms with Gasteiger partial charge in [0.15, 0.2) is 5.43 Å². The molecule has 5 N–H and O–H groups in total. The third-order valence-electron chi connectivity index (χ3n) is 8.61. The summed E-state index contributed by atoms with van der Waals surface area (Å²) in [7, 11) is 0. The van der Waals surface area contributed by atoms with Crippen LogP contribution in [0.3, 0.4) is 0 Å². The maximum Gasteiger partial charge on any atom is 0.260 e. The van der Waals surface area contributed by atoms with Crippen molar-refractivity contribution in [3.05, 3.63) is 125 Å². The monoisotopic (exact) mass is 564 g/mol. The van der Waals surface area contributed by atoms with E-state index < -0.39 is 70.8 Å². The summed E-state index contributed by atoms with van der Waals surface area (Å²) >= 11 is 0. The van der Waals surface area contributed by atoms with Gasteiger partial charge in [-0.25, -0.2) is 0 Å². The minimum atomic E-state index is -1.91. The van der Waals surface area contributed by atoms with Crippen LogP contribution in [0.1, 0.15) is 43.0 Å². The summed E-state index contributed by atoms with van der Waals surface area (Å²) in [6.07, 6.45) is 8.81. The number of rotatable bonds is 4. The molecule has 0 radical (unpaired) electrons. The van der Waals surface area contributed by atoms with Crippen LogP contribution in [-0.2, 0) is 11.8 Å². The van der Waals surface area contributed by atoms with Gasteiger partial charge in [0.25, 0.3) is 5.56 Å². The van der Waals surface area contributed by atoms with Crippen LogP contribution in [0.2, 0.25) is 0 Å². The third kappa shape index (κ3) is 3.23. The van der Waals surface area contributed by atoms with E-state index in [9.17, 15) is 39.3 Å². The molecule has 1 saturated carbocycles. The summed E-state index contributed by atoms with van der Waals surface area (Å²) in [4.78, 5) is 69.5. The van der Waals surface area contributed by atoms with Crippen molar-refractivity contribution >= 4 is 34.1 Å². The standard InChI is InChI=1S/C32H24N2O8/c1-2-3-4-5-16-11-14-10-13-8-9-32(24(13)28(39)19(14)31(42)34-16)29(40)22-23(30(32)41)27(38)21-20(26(22)37)18(35)12-17(25(21)36)33-15-6-7-15/h2-5,10-12,15,33,39-41H,6-9H2,1H3,(H,34,42)/b3-2+,5-4+/t32-/m0/s1. The fourth-order valence-corrected chi connectivity index (χ4v) is 6.55. The van der Waals surface area contributed by atoms with Gasteiger partial charge in [0.05, 0.1) is 31.9 Å². The number of phenols is 1. The van der Waals surface area contributed by atoms with Crippen molar-refractivity contribution in [1.82, 2.24) is 4.98 Å². The number of fused-ring (bicyclic) bond motifs is 4. The number of nitrogens with one attached hydrogen (secondary N) is 2. The molecule has 1 aromatic heterocycles. The highest BCUT2D eigenvalue weighted by Crippen LogP contribution is 2.54. The quantitative estimate of drug-likeness (QED) is 0.223. The van der Waals surface area contributed by atoms with E-state index >= 15 is 0 Å². The lowest BCUT2D eigenvalue weighted by molar-refractivity contribution is 0.362. The number of aliphatic hydroxyl groups excluding tert-OH is 2. The molecule has 42 heavy (non-hydrogen) atoms. The first-order chi connectivity index (χ1) is 20.1. The second-order valence-electron chi connectivity index (χ2n) is 11.1. The molecule has 1 aromatic carbocycles. The van der Waals surface area contributed by atoms with E-state index in [1.54, 1.807) is 30.4 Å². The first-order valence-corrected chi connectivity index (χ1v) is 13.6. The molecular weight excluding hydrogens is 540 g/mol. The van der Waals surface area contributed by atoms with Crippen molar-refractivity contribution < 1.29 is 15.3 Å². The Hall–Kier alpha value is -5.25. The number of H-pyrrole nitrogens is 1. The Bertz CT molecular complexity index is 2440. The molecule has 1 atom stereocenters. The van der Waals surface area contributed by atoms with Gasteiger partial charge in [-0.3, -0.25) is 24.0 Å². The lowest BCUT2D eigenvalue weighted by Gasteiger charge is -2.27. The Balaban J connectivity index is 1.55. The van der Waals surface area contributed by atoms with Crippen LogP contribution in [-0.4, -0.2) is 26.3 Å². The average molecular weight is 565 g/mol. The molecule has 5 aliphatic rings. The number of pyridine rings is 1. The molecule has 1 spiro atoms. The molecule has 210 valence electrons. The number of hydrogen-bond acceptors (Lipinski definition) is 9. The number of phenolic OH excluding ortho intramolecular Hbond substituents is 1. The second-order valence-corrected chi connectivity index (χ2v) is 11.1. The number of aromatic nitrogens is 1. The highest BCUT2D eigenvalue weighted by molar-refractivity contribution is 5.94. The molecule has 10 nitrogen and oxygen atoms in total. The third-order valence-corrected chi connectivity index (χ3v) is 8.61. The van der Waals surface area contributed by atoms with Crippen LogP contribution in [0.25, 0.3) is 28.4 Å². The Labute approximate surface area is 234 Å². The van der Waals surface area contributed by atoms with Crippen LogP contribution < -0.4 is 43.0 Å². The van der Waals surface area contributed by atoms with E-state index in [2.05, 4.69) is 10.3 Å². The molecule has 0 unspecified atom stereocenters. The zero-order valence-corrected chi connectivity index (χ0v) is 22.3. The van der Waals surface area contributed by atoms with Crippen molar-refractivity contribution in [2.24, 2.45) is 0 Å². The Morgan fingerprint density at radius 1 is 0.881 bits per heavy atom. The summed E-state index contributed by atoms with van der Waals surface area (Å²) in [5, 5.41) is 35.5. The highest BCUT2D eigenvalue weighted by Gasteiger charge is 2.53. The van der Waals surface area contributed by atoms with Gasteiger partial charge >= 0.3 is 0 Å². The number of benzene rings is 1. The van der Waals surface area contributed by atoms with Crippen LogP contribution >= 0.6 is 0 Å². The van der Waals surface area contributed by atoms with E-state index in [4.69, 9.17) is 0 Å². The molecule has 2 aromatic rings. The number of aromatic amines is 1. The average Bonchev–Trinajstić information content (AvgIpc) is 3.63. The van der Waals surface area contributed by atoms with Gasteiger partial charge in [-0.05, 0) is 55.7 Å². The van der Waals surface area contributed by atoms with E-state index in [1.165, 1.54) is 0 Å². The summed E-state index contributed by atoms with van der Waals surface area (Å²) in [6.45, 7) is 1.85. The minimum absolute atomic E-state index is 0.00690. The SMILES string of the molecule is C/C=C/C=C/c1cc2cc3c(c(O)c2c(=O)[nH]1)[C@@]1(CC3)C(O)=c2c(=O)c3c(=O)cc(NC4CC4)c(=O)c=3c(=O)c2=C1O. The molecule has 0 bridgehead atoms. The molecule has 5 aliphatic carbocycles. The largest absolute Gasteiger partial charge is 0.510 e. The smallest absolute Gasteiger partial charge is 0.260 e. The van der Waals surface area contributed by atoms with Gasteiger partial charge in [0, 0.05) is 23.4 Å². The second kappa shape index (κ2) is 8.62. The van der Waals surface area contributed by atoms with E-state index in [1.807, 2.05) is 13.0 Å². The van der Waals surface area contributed by atoms with Gasteiger partial charge in [-0.2, -0.15) is 0 Å². The molecule has 1 fully saturated rings. The number of hydrogen-bond donors (Lipinski definition) is 5. The molecule has 0 amide bonds. The number of anilines is 1. The first kappa shape index (κ1) is 25.7. The maximum atomic E-state index is 13.8. The molecule has 10 heteroatoms. The zero-order valence-electron chi connectivity index (χ0n) is 22.3. The van der Waals surface area contributed by atoms with E-state index in [0.717, 1.165) is 18.9 Å². The van der Waals surface area contributed by atoms with Gasteiger partial charge in [0.2, 0.25) is 16.3 Å². The molecule has 7 rings (SSSR count). The van der Waals surface area contributed by atoms with Gasteiger partial charge in [0.1, 0.15) is 22.7 Å². The normalized spacial score (nSPS) is 19.6. The van der Waals surface area contributed by atoms with Crippen molar-refractivity contribution in [3.63, 3.8) is 0 Å². The summed E-state index contributed by atoms with van der Waals surface area (Å²) < 4.78 is 0. The van der Waals surface area contributed by atoms with Crippen molar-refractivity contribution in [1.29, 1.82) is 0 Å². The number of aromatic hydroxyl groups is 1. The summed E-state index contributed by atoms with van der Waals surface area (Å²) in [5.41, 5.74) is -5.43. The predicted octanol–water partition coefficient (Wildman–Crippen LogP) is 0.669. The highest BCUT2D eigenvalue weighted by atomic mass is 16.3. The fourth-order valence-electron chi connectivity index (χ4n) is 6.55. The Morgan fingerprint density at radius 2 is 1.57 bits per heavy atom. The first-order valence-electron chi connectivity index (χ1n) is 13.6. The van der Waals surface area contributed by atoms with Gasteiger partial charge < -0.3 is 25.6 Å². The molecule has 0 saturated heterocycles. The summed E-state index contributed by atoms with van der Waals surface area (Å²) in [5.74, 6) is -1.92. The van der Waals surface area contributed by atoms with E-state index in [0.29, 0.717) is 16.6 Å². The van der Waals surface area contributed by atoms with Crippen LogP contribution in [0, 0.1) is 10.4 Å². The Kier molecular flexibility index (Phi) is 5.28. The molecular formula is C32H24N2O8. The van der Waals surface area contributed by atoms with Crippen molar-refractivity contribution in [2.75, 3.05) is 5.32 Å². The Morgan fingerprint density at radius 3 is 2.24 bits per heavy atom. The zero-order chi connectivity index (χ0) is 29.7. The number of allylic oxidation sites excluding steroid dienone is 3. The van der Waals surface area contributed by atoms with Crippen LogP contribution in [0.15, 0.2) is 60.4 Å². The predicted molar refractivity (Wildman–Crippen MR) is 157 cm³/mol. The number of aryl methyl sites for hydroxylation is 1. The lowest BCUT2D eigenvalue weighted by atomic mass is 9.78. The summed E-state index contributed by atoms with van der Waals surface area (Å²) in [6, 6.07) is 4.31. The lowest BCUT2D eigenvalue weighted by Crippen LogP contribution is -2.52. The van der Waals surface area contributed by atoms with Crippen molar-refractivity contribution in [2.45, 2.75) is 44.1 Å². The minimum Gasteiger partial charge on any atom is -0.510 e. The maximum absolute atomic E-state index is 13.8. The molecule has 1 heterocycles. The fraction of sp³-hybridized carbons (Fsp3) is 0.219. The van der Waals surface area contributed by atoms with Crippen molar-refractivity contribution in [3.8, 4) is 5.75 Å². The topological polar surface area (TPSA) is 174 Å². The van der Waals surface area contributed by atoms with Gasteiger partial charge in [-0.1, -0.05) is 24.3 Å². The molecule has 0 aliphatic heterocycles. The number of aliphatic hydroxyl groups is 2.